The van der Waals surface area contributed by atoms with E-state index in [9.17, 15) is 4.79 Å². The highest BCUT2D eigenvalue weighted by atomic mass is 32.1. The molecule has 0 unspecified atom stereocenters. The van der Waals surface area contributed by atoms with E-state index >= 15 is 0 Å². The number of rotatable bonds is 4. The number of nitrogens with two attached hydrogens (primary N) is 1. The normalized spacial score (nSPS) is 22.5. The van der Waals surface area contributed by atoms with E-state index in [1.165, 1.54) is 54.7 Å². The summed E-state index contributed by atoms with van der Waals surface area (Å²) in [6, 6.07) is 9.01. The van der Waals surface area contributed by atoms with E-state index < -0.39 is 0 Å². The highest BCUT2D eigenvalue weighted by Gasteiger charge is 2.28. The Morgan fingerprint density at radius 2 is 1.85 bits per heavy atom. The van der Waals surface area contributed by atoms with Gasteiger partial charge in [0.15, 0.2) is 6.54 Å². The number of para-hydroxylation sites is 1. The zero-order chi connectivity index (χ0) is 18.5. The average Bonchev–Trinajstić information content (AvgIpc) is 3.11. The van der Waals surface area contributed by atoms with Crippen molar-refractivity contribution < 1.29 is 10.1 Å². The maximum absolute atomic E-state index is 12.8. The highest BCUT2D eigenvalue weighted by Crippen LogP contribution is 2.32. The summed E-state index contributed by atoms with van der Waals surface area (Å²) in [5, 5.41) is 3.53. The second-order valence-electron chi connectivity index (χ2n) is 8.24. The van der Waals surface area contributed by atoms with Gasteiger partial charge < -0.3 is 10.2 Å². The summed E-state index contributed by atoms with van der Waals surface area (Å²) in [5.41, 5.74) is 1.10. The van der Waals surface area contributed by atoms with Crippen molar-refractivity contribution in [1.82, 2.24) is 9.88 Å². The molecule has 2 fully saturated rings. The number of likely N-dealkylation sites (tertiary alicyclic amines) is 1. The van der Waals surface area contributed by atoms with Crippen LogP contribution in [0.3, 0.4) is 0 Å². The van der Waals surface area contributed by atoms with Crippen LogP contribution >= 0.6 is 11.3 Å². The van der Waals surface area contributed by atoms with E-state index in [-0.39, 0.29) is 0 Å². The largest absolute Gasteiger partial charge is 0.337 e. The SMILES string of the molecule is O=C(C[NH2+]C1CCCCCCC1)N1CCC[C@H](c2nc3ccccc3s2)C1. The van der Waals surface area contributed by atoms with Gasteiger partial charge in [0.1, 0.15) is 0 Å². The lowest BCUT2D eigenvalue weighted by molar-refractivity contribution is -0.681. The number of carbonyl (C=O) groups is 1. The summed E-state index contributed by atoms with van der Waals surface area (Å²) in [4.78, 5) is 19.8. The summed E-state index contributed by atoms with van der Waals surface area (Å²) in [6.45, 7) is 2.38. The molecule has 1 saturated heterocycles. The second kappa shape index (κ2) is 9.16. The first-order valence-electron chi connectivity index (χ1n) is 10.8. The predicted octanol–water partition coefficient (Wildman–Crippen LogP) is 3.68. The van der Waals surface area contributed by atoms with E-state index in [4.69, 9.17) is 4.98 Å². The Bertz CT molecular complexity index is 718. The van der Waals surface area contributed by atoms with E-state index in [0.717, 1.165) is 31.4 Å². The van der Waals surface area contributed by atoms with Crippen LogP contribution in [-0.4, -0.2) is 41.5 Å². The first-order chi connectivity index (χ1) is 13.3. The summed E-state index contributed by atoms with van der Waals surface area (Å²) >= 11 is 1.80. The number of fused-ring (bicyclic) bond motifs is 1. The molecular formula is C22H32N3OS+. The maximum atomic E-state index is 12.8. The number of hydrogen-bond acceptors (Lipinski definition) is 3. The summed E-state index contributed by atoms with van der Waals surface area (Å²) in [7, 11) is 0. The molecule has 146 valence electrons. The number of amides is 1. The Kier molecular flexibility index (Phi) is 6.40. The van der Waals surface area contributed by atoms with Crippen LogP contribution in [0.25, 0.3) is 10.2 Å². The number of hydrogen-bond donors (Lipinski definition) is 1. The van der Waals surface area contributed by atoms with Gasteiger partial charge >= 0.3 is 0 Å². The van der Waals surface area contributed by atoms with Crippen LogP contribution in [0, 0.1) is 0 Å². The van der Waals surface area contributed by atoms with Gasteiger partial charge in [-0.25, -0.2) is 4.98 Å². The molecule has 0 radical (unpaired) electrons. The third-order valence-electron chi connectivity index (χ3n) is 6.21. The Balaban J connectivity index is 1.32. The average molecular weight is 387 g/mol. The van der Waals surface area contributed by atoms with Gasteiger partial charge in [0, 0.05) is 19.0 Å². The second-order valence-corrected chi connectivity index (χ2v) is 9.31. The lowest BCUT2D eigenvalue weighted by Gasteiger charge is -2.31. The number of nitrogens with zero attached hydrogens (tertiary/aromatic N) is 2. The van der Waals surface area contributed by atoms with Crippen LogP contribution < -0.4 is 5.32 Å². The lowest BCUT2D eigenvalue weighted by Crippen LogP contribution is -2.92. The smallest absolute Gasteiger partial charge is 0.277 e. The predicted molar refractivity (Wildman–Crippen MR) is 111 cm³/mol. The lowest BCUT2D eigenvalue weighted by atomic mass is 9.96. The van der Waals surface area contributed by atoms with Crippen LogP contribution in [0.5, 0.6) is 0 Å². The number of carbonyl (C=O) groups excluding carboxylic acids is 1. The van der Waals surface area contributed by atoms with E-state index in [0.29, 0.717) is 24.4 Å². The molecule has 0 spiro atoms. The first kappa shape index (κ1) is 18.9. The summed E-state index contributed by atoms with van der Waals surface area (Å²) < 4.78 is 1.26. The Labute approximate surface area is 166 Å². The van der Waals surface area contributed by atoms with Crippen LogP contribution in [0.2, 0.25) is 0 Å². The molecule has 1 aliphatic heterocycles. The van der Waals surface area contributed by atoms with E-state index in [1.54, 1.807) is 11.3 Å². The molecule has 2 N–H and O–H groups in total. The molecule has 2 heterocycles. The molecule has 4 rings (SSSR count). The fourth-order valence-electron chi connectivity index (χ4n) is 4.59. The van der Waals surface area contributed by atoms with E-state index in [1.807, 2.05) is 6.07 Å². The fraction of sp³-hybridized carbons (Fsp3) is 0.636. The van der Waals surface area contributed by atoms with E-state index in [2.05, 4.69) is 28.4 Å². The topological polar surface area (TPSA) is 49.8 Å². The standard InChI is InChI=1S/C22H31N3OS/c26-21(15-23-18-10-4-2-1-3-5-11-18)25-14-8-9-17(16-25)22-24-19-12-6-7-13-20(19)27-22/h6-7,12-13,17-18,23H,1-5,8-11,14-16H2/p+1/t17-/m0/s1. The van der Waals surface area contributed by atoms with Gasteiger partial charge in [0.2, 0.25) is 0 Å². The molecular weight excluding hydrogens is 354 g/mol. The van der Waals surface area contributed by atoms with Crippen molar-refractivity contribution in [2.75, 3.05) is 19.6 Å². The zero-order valence-corrected chi connectivity index (χ0v) is 17.1. The molecule has 1 saturated carbocycles. The molecule has 0 bridgehead atoms. The van der Waals surface area contributed by atoms with Crippen LogP contribution in [0.1, 0.15) is 68.7 Å². The minimum absolute atomic E-state index is 0.322. The minimum Gasteiger partial charge on any atom is -0.337 e. The number of piperidine rings is 1. The maximum Gasteiger partial charge on any atom is 0.277 e. The number of thiazole rings is 1. The van der Waals surface area contributed by atoms with Crippen molar-refractivity contribution in [1.29, 1.82) is 0 Å². The molecule has 2 aromatic rings. The van der Waals surface area contributed by atoms with Crippen molar-refractivity contribution in [2.24, 2.45) is 0 Å². The zero-order valence-electron chi connectivity index (χ0n) is 16.2. The first-order valence-corrected chi connectivity index (χ1v) is 11.6. The van der Waals surface area contributed by atoms with Crippen molar-refractivity contribution in [3.63, 3.8) is 0 Å². The quantitative estimate of drug-likeness (QED) is 0.871. The summed E-state index contributed by atoms with van der Waals surface area (Å²) in [6.07, 6.45) is 11.6. The van der Waals surface area contributed by atoms with Crippen molar-refractivity contribution >= 4 is 27.5 Å². The van der Waals surface area contributed by atoms with Gasteiger partial charge in [0.05, 0.1) is 21.3 Å². The van der Waals surface area contributed by atoms with Gasteiger partial charge in [-0.05, 0) is 50.7 Å². The molecule has 1 atom stereocenters. The van der Waals surface area contributed by atoms with Gasteiger partial charge in [-0.15, -0.1) is 11.3 Å². The highest BCUT2D eigenvalue weighted by molar-refractivity contribution is 7.18. The van der Waals surface area contributed by atoms with Gasteiger partial charge in [0.25, 0.3) is 5.91 Å². The molecule has 1 amide bonds. The number of benzene rings is 1. The Hall–Kier alpha value is -1.46. The molecule has 27 heavy (non-hydrogen) atoms. The molecule has 1 aromatic carbocycles. The summed E-state index contributed by atoms with van der Waals surface area (Å²) in [5.74, 6) is 0.726. The number of aromatic nitrogens is 1. The van der Waals surface area contributed by atoms with Crippen molar-refractivity contribution in [3.05, 3.63) is 29.3 Å². The van der Waals surface area contributed by atoms with Gasteiger partial charge in [-0.3, -0.25) is 4.79 Å². The van der Waals surface area contributed by atoms with Crippen LogP contribution in [0.15, 0.2) is 24.3 Å². The molecule has 1 aromatic heterocycles. The Morgan fingerprint density at radius 1 is 1.07 bits per heavy atom. The van der Waals surface area contributed by atoms with Crippen molar-refractivity contribution in [3.8, 4) is 0 Å². The molecule has 5 heteroatoms. The third-order valence-corrected chi connectivity index (χ3v) is 7.41. The molecule has 1 aliphatic carbocycles. The number of quaternary nitrogens is 1. The fourth-order valence-corrected chi connectivity index (χ4v) is 5.68. The monoisotopic (exact) mass is 386 g/mol. The third kappa shape index (κ3) is 4.88. The van der Waals surface area contributed by atoms with Gasteiger partial charge in [-0.2, -0.15) is 0 Å². The molecule has 2 aliphatic rings. The van der Waals surface area contributed by atoms with Crippen LogP contribution in [0.4, 0.5) is 0 Å². The Morgan fingerprint density at radius 3 is 2.67 bits per heavy atom. The van der Waals surface area contributed by atoms with Gasteiger partial charge in [-0.1, -0.05) is 31.4 Å². The van der Waals surface area contributed by atoms with Crippen LogP contribution in [-0.2, 0) is 4.79 Å². The van der Waals surface area contributed by atoms with Crippen molar-refractivity contribution in [2.45, 2.75) is 69.7 Å². The molecule has 4 nitrogen and oxygen atoms in total. The minimum atomic E-state index is 0.322.